The summed E-state index contributed by atoms with van der Waals surface area (Å²) in [7, 11) is 0. The maximum Gasteiger partial charge on any atom is 0.264 e. The Labute approximate surface area is 108 Å². The first-order valence-corrected chi connectivity index (χ1v) is 5.70. The third-order valence-corrected chi connectivity index (χ3v) is 2.51. The standard InChI is InChI=1S/C13H12FN3O2/c14-11-4-2-1-3-9(11)7-13(19)15-8-10-5-6-12(18)17-16-10/h1-6H,7-8H2,(H,15,19)(H,17,18). The fourth-order valence-electron chi connectivity index (χ4n) is 1.54. The third-order valence-electron chi connectivity index (χ3n) is 2.51. The van der Waals surface area contributed by atoms with Crippen LogP contribution in [0, 0.1) is 5.82 Å². The van der Waals surface area contributed by atoms with Gasteiger partial charge in [0.15, 0.2) is 0 Å². The Kier molecular flexibility index (Phi) is 4.02. The molecule has 0 atom stereocenters. The number of rotatable bonds is 4. The first-order valence-electron chi connectivity index (χ1n) is 5.70. The van der Waals surface area contributed by atoms with Gasteiger partial charge in [0.25, 0.3) is 5.56 Å². The Morgan fingerprint density at radius 2 is 2.05 bits per heavy atom. The van der Waals surface area contributed by atoms with Crippen molar-refractivity contribution in [2.45, 2.75) is 13.0 Å². The second kappa shape index (κ2) is 5.90. The van der Waals surface area contributed by atoms with Gasteiger partial charge in [0.05, 0.1) is 18.7 Å². The minimum Gasteiger partial charge on any atom is -0.350 e. The summed E-state index contributed by atoms with van der Waals surface area (Å²) in [5.74, 6) is -0.710. The van der Waals surface area contributed by atoms with E-state index in [1.807, 2.05) is 0 Å². The molecule has 0 bridgehead atoms. The molecule has 0 fully saturated rings. The molecule has 2 aromatic rings. The highest BCUT2D eigenvalue weighted by atomic mass is 19.1. The summed E-state index contributed by atoms with van der Waals surface area (Å²) >= 11 is 0. The van der Waals surface area contributed by atoms with E-state index < -0.39 is 5.82 Å². The zero-order valence-corrected chi connectivity index (χ0v) is 10.0. The predicted octanol–water partition coefficient (Wildman–Crippen LogP) is 0.768. The maximum atomic E-state index is 13.3. The normalized spacial score (nSPS) is 10.2. The first-order chi connectivity index (χ1) is 9.15. The van der Waals surface area contributed by atoms with E-state index in [4.69, 9.17) is 0 Å². The van der Waals surface area contributed by atoms with Crippen LogP contribution in [-0.4, -0.2) is 16.1 Å². The molecular weight excluding hydrogens is 249 g/mol. The number of carbonyl (C=O) groups is 1. The molecule has 2 N–H and O–H groups in total. The highest BCUT2D eigenvalue weighted by molar-refractivity contribution is 5.78. The number of aromatic nitrogens is 2. The third kappa shape index (κ3) is 3.74. The van der Waals surface area contributed by atoms with Crippen molar-refractivity contribution in [3.8, 4) is 0 Å². The van der Waals surface area contributed by atoms with E-state index in [-0.39, 0.29) is 24.4 Å². The monoisotopic (exact) mass is 261 g/mol. The molecular formula is C13H12FN3O2. The number of benzene rings is 1. The van der Waals surface area contributed by atoms with E-state index in [1.165, 1.54) is 18.2 Å². The molecule has 2 rings (SSSR count). The second-order valence-electron chi connectivity index (χ2n) is 3.96. The molecule has 0 unspecified atom stereocenters. The molecule has 1 aromatic heterocycles. The Bertz CT molecular complexity index is 619. The van der Waals surface area contributed by atoms with Crippen molar-refractivity contribution in [1.82, 2.24) is 15.5 Å². The van der Waals surface area contributed by atoms with Crippen molar-refractivity contribution < 1.29 is 9.18 Å². The first kappa shape index (κ1) is 12.9. The van der Waals surface area contributed by atoms with Crippen LogP contribution in [-0.2, 0) is 17.8 Å². The van der Waals surface area contributed by atoms with Crippen molar-refractivity contribution in [2.24, 2.45) is 0 Å². The Morgan fingerprint density at radius 3 is 2.74 bits per heavy atom. The number of halogens is 1. The van der Waals surface area contributed by atoms with Crippen LogP contribution in [0.5, 0.6) is 0 Å². The number of H-pyrrole nitrogens is 1. The predicted molar refractivity (Wildman–Crippen MR) is 66.8 cm³/mol. The smallest absolute Gasteiger partial charge is 0.264 e. The minimum absolute atomic E-state index is 0.0317. The molecule has 0 aliphatic carbocycles. The molecule has 19 heavy (non-hydrogen) atoms. The van der Waals surface area contributed by atoms with Crippen molar-refractivity contribution in [3.63, 3.8) is 0 Å². The van der Waals surface area contributed by atoms with Crippen LogP contribution in [0.4, 0.5) is 4.39 Å². The van der Waals surface area contributed by atoms with Gasteiger partial charge in [-0.25, -0.2) is 9.49 Å². The van der Waals surface area contributed by atoms with Gasteiger partial charge in [0.2, 0.25) is 5.91 Å². The van der Waals surface area contributed by atoms with E-state index in [1.54, 1.807) is 18.2 Å². The molecule has 6 heteroatoms. The number of hydrogen-bond donors (Lipinski definition) is 2. The molecule has 1 heterocycles. The van der Waals surface area contributed by atoms with E-state index >= 15 is 0 Å². The zero-order valence-electron chi connectivity index (χ0n) is 10.0. The molecule has 5 nitrogen and oxygen atoms in total. The number of nitrogens with zero attached hydrogens (tertiary/aromatic N) is 1. The zero-order chi connectivity index (χ0) is 13.7. The van der Waals surface area contributed by atoms with E-state index in [0.717, 1.165) is 0 Å². The Hall–Kier alpha value is -2.50. The van der Waals surface area contributed by atoms with Gasteiger partial charge in [-0.05, 0) is 17.7 Å². The van der Waals surface area contributed by atoms with Gasteiger partial charge in [-0.15, -0.1) is 0 Å². The maximum absolute atomic E-state index is 13.3. The summed E-state index contributed by atoms with van der Waals surface area (Å²) < 4.78 is 13.3. The molecule has 1 amide bonds. The highest BCUT2D eigenvalue weighted by Gasteiger charge is 2.07. The summed E-state index contributed by atoms with van der Waals surface area (Å²) in [6, 6.07) is 8.96. The molecule has 0 aliphatic rings. The number of carbonyl (C=O) groups excluding carboxylic acids is 1. The topological polar surface area (TPSA) is 74.8 Å². The lowest BCUT2D eigenvalue weighted by molar-refractivity contribution is -0.120. The van der Waals surface area contributed by atoms with Crippen LogP contribution in [0.1, 0.15) is 11.3 Å². The lowest BCUT2D eigenvalue weighted by Crippen LogP contribution is -2.26. The molecule has 0 saturated heterocycles. The van der Waals surface area contributed by atoms with Gasteiger partial charge in [-0.3, -0.25) is 9.59 Å². The van der Waals surface area contributed by atoms with Crippen LogP contribution >= 0.6 is 0 Å². The van der Waals surface area contributed by atoms with Crippen LogP contribution in [0.15, 0.2) is 41.2 Å². The quantitative estimate of drug-likeness (QED) is 0.853. The molecule has 0 saturated carbocycles. The summed E-state index contributed by atoms with van der Waals surface area (Å²) in [5.41, 5.74) is 0.567. The molecule has 0 aliphatic heterocycles. The molecule has 0 spiro atoms. The molecule has 98 valence electrons. The molecule has 0 radical (unpaired) electrons. The van der Waals surface area contributed by atoms with Crippen molar-refractivity contribution in [2.75, 3.05) is 0 Å². The van der Waals surface area contributed by atoms with Crippen molar-refractivity contribution >= 4 is 5.91 Å². The molecule has 1 aromatic carbocycles. The summed E-state index contributed by atoms with van der Waals surface area (Å²) in [6.07, 6.45) is -0.0317. The fourth-order valence-corrected chi connectivity index (χ4v) is 1.54. The van der Waals surface area contributed by atoms with Gasteiger partial charge in [-0.1, -0.05) is 18.2 Å². The SMILES string of the molecule is O=C(Cc1ccccc1F)NCc1ccc(=O)[nH]n1. The number of aromatic amines is 1. The average molecular weight is 261 g/mol. The fraction of sp³-hybridized carbons (Fsp3) is 0.154. The van der Waals surface area contributed by atoms with Gasteiger partial charge in [-0.2, -0.15) is 5.10 Å². The van der Waals surface area contributed by atoms with E-state index in [2.05, 4.69) is 15.5 Å². The number of hydrogen-bond acceptors (Lipinski definition) is 3. The minimum atomic E-state index is -0.403. The summed E-state index contributed by atoms with van der Waals surface area (Å²) in [5, 5.41) is 8.62. The lowest BCUT2D eigenvalue weighted by Gasteiger charge is -2.05. The van der Waals surface area contributed by atoms with Crippen LogP contribution in [0.25, 0.3) is 0 Å². The summed E-state index contributed by atoms with van der Waals surface area (Å²) in [4.78, 5) is 22.4. The average Bonchev–Trinajstić information content (AvgIpc) is 2.41. The van der Waals surface area contributed by atoms with E-state index in [0.29, 0.717) is 11.3 Å². The van der Waals surface area contributed by atoms with E-state index in [9.17, 15) is 14.0 Å². The Morgan fingerprint density at radius 1 is 1.26 bits per heavy atom. The number of nitrogens with one attached hydrogen (secondary N) is 2. The second-order valence-corrected chi connectivity index (χ2v) is 3.96. The van der Waals surface area contributed by atoms with Crippen molar-refractivity contribution in [3.05, 3.63) is 63.8 Å². The van der Waals surface area contributed by atoms with Crippen LogP contribution < -0.4 is 10.9 Å². The number of amides is 1. The van der Waals surface area contributed by atoms with Gasteiger partial charge in [0.1, 0.15) is 5.82 Å². The highest BCUT2D eigenvalue weighted by Crippen LogP contribution is 2.06. The summed E-state index contributed by atoms with van der Waals surface area (Å²) in [6.45, 7) is 0.185. The van der Waals surface area contributed by atoms with Crippen LogP contribution in [0.3, 0.4) is 0 Å². The largest absolute Gasteiger partial charge is 0.350 e. The van der Waals surface area contributed by atoms with Gasteiger partial charge in [0, 0.05) is 6.07 Å². The lowest BCUT2D eigenvalue weighted by atomic mass is 10.1. The van der Waals surface area contributed by atoms with Gasteiger partial charge >= 0.3 is 0 Å². The van der Waals surface area contributed by atoms with Crippen LogP contribution in [0.2, 0.25) is 0 Å². The van der Waals surface area contributed by atoms with Gasteiger partial charge < -0.3 is 5.32 Å². The van der Waals surface area contributed by atoms with Crippen molar-refractivity contribution in [1.29, 1.82) is 0 Å². The Balaban J connectivity index is 1.90.